The number of para-hydroxylation sites is 2. The van der Waals surface area contributed by atoms with Crippen molar-refractivity contribution in [3.63, 3.8) is 0 Å². The molecule has 1 aromatic rings. The van der Waals surface area contributed by atoms with Gasteiger partial charge in [-0.1, -0.05) is 19.1 Å². The predicted molar refractivity (Wildman–Crippen MR) is 64.8 cm³/mol. The van der Waals surface area contributed by atoms with Gasteiger partial charge < -0.3 is 10.2 Å². The van der Waals surface area contributed by atoms with Crippen LogP contribution in [0.4, 0.5) is 11.4 Å². The van der Waals surface area contributed by atoms with E-state index in [0.29, 0.717) is 12.2 Å². The number of hydrogen-bond donors (Lipinski definition) is 1. The SMILES string of the molecule is CCN(C)CCNc1ccccc1[N+](=O)[O-]. The van der Waals surface area contributed by atoms with Gasteiger partial charge in [-0.2, -0.15) is 0 Å². The van der Waals surface area contributed by atoms with Crippen molar-refractivity contribution in [1.82, 2.24) is 4.90 Å². The second kappa shape index (κ2) is 6.07. The highest BCUT2D eigenvalue weighted by molar-refractivity contribution is 5.60. The zero-order valence-corrected chi connectivity index (χ0v) is 9.64. The Hall–Kier alpha value is -1.62. The Balaban J connectivity index is 2.56. The van der Waals surface area contributed by atoms with Gasteiger partial charge in [0, 0.05) is 19.2 Å². The van der Waals surface area contributed by atoms with Crippen molar-refractivity contribution in [3.05, 3.63) is 34.4 Å². The van der Waals surface area contributed by atoms with Crippen LogP contribution in [0.2, 0.25) is 0 Å². The highest BCUT2D eigenvalue weighted by Gasteiger charge is 2.11. The molecule has 0 aromatic heterocycles. The van der Waals surface area contributed by atoms with E-state index in [-0.39, 0.29) is 10.6 Å². The van der Waals surface area contributed by atoms with Gasteiger partial charge in [0.1, 0.15) is 5.69 Å². The maximum atomic E-state index is 10.7. The molecule has 88 valence electrons. The standard InChI is InChI=1S/C11H17N3O2/c1-3-13(2)9-8-12-10-6-4-5-7-11(10)14(15)16/h4-7,12H,3,8-9H2,1-2H3. The summed E-state index contributed by atoms with van der Waals surface area (Å²) in [5, 5.41) is 13.8. The molecule has 0 saturated carbocycles. The van der Waals surface area contributed by atoms with Crippen molar-refractivity contribution in [2.45, 2.75) is 6.92 Å². The molecule has 0 aliphatic heterocycles. The van der Waals surface area contributed by atoms with E-state index in [2.05, 4.69) is 17.1 Å². The summed E-state index contributed by atoms with van der Waals surface area (Å²) >= 11 is 0. The van der Waals surface area contributed by atoms with Crippen LogP contribution in [0, 0.1) is 10.1 Å². The average molecular weight is 223 g/mol. The quantitative estimate of drug-likeness (QED) is 0.591. The lowest BCUT2D eigenvalue weighted by Gasteiger charge is -2.14. The summed E-state index contributed by atoms with van der Waals surface area (Å²) in [7, 11) is 2.01. The summed E-state index contributed by atoms with van der Waals surface area (Å²) < 4.78 is 0. The smallest absolute Gasteiger partial charge is 0.292 e. The second-order valence-electron chi connectivity index (χ2n) is 3.60. The van der Waals surface area contributed by atoms with Crippen molar-refractivity contribution >= 4 is 11.4 Å². The normalized spacial score (nSPS) is 10.4. The minimum Gasteiger partial charge on any atom is -0.378 e. The Kier molecular flexibility index (Phi) is 4.72. The van der Waals surface area contributed by atoms with Crippen LogP contribution in [0.1, 0.15) is 6.92 Å². The first-order valence-electron chi connectivity index (χ1n) is 5.31. The fourth-order valence-corrected chi connectivity index (χ4v) is 1.32. The molecule has 1 rings (SSSR count). The topological polar surface area (TPSA) is 58.4 Å². The Bertz CT molecular complexity index is 355. The molecule has 0 unspecified atom stereocenters. The van der Waals surface area contributed by atoms with Crippen LogP contribution in [0.5, 0.6) is 0 Å². The lowest BCUT2D eigenvalue weighted by Crippen LogP contribution is -2.24. The molecular weight excluding hydrogens is 206 g/mol. The molecule has 5 nitrogen and oxygen atoms in total. The first-order chi connectivity index (χ1) is 7.65. The molecule has 0 atom stereocenters. The van der Waals surface area contributed by atoms with Crippen molar-refractivity contribution < 1.29 is 4.92 Å². The maximum absolute atomic E-state index is 10.7. The van der Waals surface area contributed by atoms with Gasteiger partial charge >= 0.3 is 0 Å². The zero-order chi connectivity index (χ0) is 12.0. The number of nitrogens with zero attached hydrogens (tertiary/aromatic N) is 2. The van der Waals surface area contributed by atoms with Gasteiger partial charge in [0.15, 0.2) is 0 Å². The number of rotatable bonds is 6. The first kappa shape index (κ1) is 12.4. The van der Waals surface area contributed by atoms with E-state index in [9.17, 15) is 10.1 Å². The lowest BCUT2D eigenvalue weighted by atomic mass is 10.2. The highest BCUT2D eigenvalue weighted by atomic mass is 16.6. The first-order valence-corrected chi connectivity index (χ1v) is 5.31. The molecular formula is C11H17N3O2. The maximum Gasteiger partial charge on any atom is 0.292 e. The van der Waals surface area contributed by atoms with Gasteiger partial charge in [-0.3, -0.25) is 10.1 Å². The van der Waals surface area contributed by atoms with Crippen LogP contribution < -0.4 is 5.32 Å². The van der Waals surface area contributed by atoms with Crippen LogP contribution in [0.3, 0.4) is 0 Å². The Morgan fingerprint density at radius 1 is 1.44 bits per heavy atom. The second-order valence-corrected chi connectivity index (χ2v) is 3.60. The number of hydrogen-bond acceptors (Lipinski definition) is 4. The third-order valence-corrected chi connectivity index (χ3v) is 2.45. The summed E-state index contributed by atoms with van der Waals surface area (Å²) in [5.41, 5.74) is 0.707. The van der Waals surface area contributed by atoms with Gasteiger partial charge in [0.2, 0.25) is 0 Å². The summed E-state index contributed by atoms with van der Waals surface area (Å²) in [6.07, 6.45) is 0. The molecule has 0 radical (unpaired) electrons. The molecule has 0 heterocycles. The van der Waals surface area contributed by atoms with Gasteiger partial charge in [-0.05, 0) is 19.7 Å². The van der Waals surface area contributed by atoms with Gasteiger partial charge in [0.05, 0.1) is 4.92 Å². The third-order valence-electron chi connectivity index (χ3n) is 2.45. The fourth-order valence-electron chi connectivity index (χ4n) is 1.32. The van der Waals surface area contributed by atoms with Crippen LogP contribution >= 0.6 is 0 Å². The Labute approximate surface area is 95.2 Å². The number of likely N-dealkylation sites (N-methyl/N-ethyl adjacent to an activating group) is 1. The molecule has 5 heteroatoms. The van der Waals surface area contributed by atoms with Gasteiger partial charge in [-0.15, -0.1) is 0 Å². The predicted octanol–water partition coefficient (Wildman–Crippen LogP) is 1.96. The van der Waals surface area contributed by atoms with Gasteiger partial charge in [0.25, 0.3) is 5.69 Å². The van der Waals surface area contributed by atoms with Crippen LogP contribution in [-0.2, 0) is 0 Å². The van der Waals surface area contributed by atoms with Crippen molar-refractivity contribution in [1.29, 1.82) is 0 Å². The minimum absolute atomic E-state index is 0.127. The molecule has 0 fully saturated rings. The van der Waals surface area contributed by atoms with E-state index >= 15 is 0 Å². The molecule has 16 heavy (non-hydrogen) atoms. The number of anilines is 1. The molecule has 0 amide bonds. The number of benzene rings is 1. The average Bonchev–Trinajstić information content (AvgIpc) is 2.29. The third kappa shape index (κ3) is 3.51. The highest BCUT2D eigenvalue weighted by Crippen LogP contribution is 2.22. The van der Waals surface area contributed by atoms with E-state index in [1.54, 1.807) is 18.2 Å². The summed E-state index contributed by atoms with van der Waals surface area (Å²) in [6.45, 7) is 4.61. The van der Waals surface area contributed by atoms with E-state index in [1.165, 1.54) is 6.07 Å². The molecule has 0 aliphatic carbocycles. The van der Waals surface area contributed by atoms with Gasteiger partial charge in [-0.25, -0.2) is 0 Å². The number of nitro groups is 1. The molecule has 1 aromatic carbocycles. The molecule has 0 spiro atoms. The monoisotopic (exact) mass is 223 g/mol. The molecule has 0 aliphatic rings. The summed E-state index contributed by atoms with van der Waals surface area (Å²) in [6, 6.07) is 6.69. The summed E-state index contributed by atoms with van der Waals surface area (Å²) in [5.74, 6) is 0. The number of nitrogens with one attached hydrogen (secondary N) is 1. The molecule has 0 saturated heterocycles. The van der Waals surface area contributed by atoms with Crippen molar-refractivity contribution in [3.8, 4) is 0 Å². The fraction of sp³-hybridized carbons (Fsp3) is 0.455. The van der Waals surface area contributed by atoms with E-state index in [0.717, 1.165) is 13.1 Å². The van der Waals surface area contributed by atoms with Crippen LogP contribution in [0.25, 0.3) is 0 Å². The van der Waals surface area contributed by atoms with Crippen LogP contribution in [0.15, 0.2) is 24.3 Å². The molecule has 1 N–H and O–H groups in total. The van der Waals surface area contributed by atoms with E-state index < -0.39 is 0 Å². The summed E-state index contributed by atoms with van der Waals surface area (Å²) in [4.78, 5) is 12.5. The zero-order valence-electron chi connectivity index (χ0n) is 9.64. The number of nitro benzene ring substituents is 1. The Morgan fingerprint density at radius 2 is 2.12 bits per heavy atom. The van der Waals surface area contributed by atoms with E-state index in [4.69, 9.17) is 0 Å². The van der Waals surface area contributed by atoms with Crippen LogP contribution in [-0.4, -0.2) is 36.5 Å². The minimum atomic E-state index is -0.369. The Morgan fingerprint density at radius 3 is 2.75 bits per heavy atom. The van der Waals surface area contributed by atoms with Crippen molar-refractivity contribution in [2.24, 2.45) is 0 Å². The van der Waals surface area contributed by atoms with E-state index in [1.807, 2.05) is 7.05 Å². The van der Waals surface area contributed by atoms with Crippen molar-refractivity contribution in [2.75, 3.05) is 32.0 Å². The molecule has 0 bridgehead atoms. The lowest BCUT2D eigenvalue weighted by molar-refractivity contribution is -0.384. The largest absolute Gasteiger partial charge is 0.378 e.